The predicted molar refractivity (Wildman–Crippen MR) is 106 cm³/mol. The maximum Gasteiger partial charge on any atom is 0.272 e. The van der Waals surface area contributed by atoms with Crippen molar-refractivity contribution in [3.05, 3.63) is 60.4 Å². The van der Waals surface area contributed by atoms with Crippen molar-refractivity contribution in [3.8, 4) is 17.1 Å². The lowest BCUT2D eigenvalue weighted by molar-refractivity contribution is -0.123. The average Bonchev–Trinajstić information content (AvgIpc) is 3.34. The number of para-hydroxylation sites is 1. The van der Waals surface area contributed by atoms with Crippen LogP contribution < -0.4 is 5.73 Å². The molecule has 144 valence electrons. The van der Waals surface area contributed by atoms with Crippen LogP contribution in [0.25, 0.3) is 17.1 Å². The fourth-order valence-electron chi connectivity index (χ4n) is 3.68. The van der Waals surface area contributed by atoms with Crippen LogP contribution in [0.5, 0.6) is 0 Å². The molecule has 1 aliphatic rings. The number of likely N-dealkylation sites (tertiary alicyclic amines) is 1. The van der Waals surface area contributed by atoms with Crippen LogP contribution in [0.2, 0.25) is 0 Å². The average molecular weight is 377 g/mol. The van der Waals surface area contributed by atoms with E-state index in [1.807, 2.05) is 66.3 Å². The molecule has 1 aromatic carbocycles. The molecular weight excluding hydrogens is 354 g/mol. The summed E-state index contributed by atoms with van der Waals surface area (Å²) in [4.78, 5) is 26.5. The molecule has 0 unspecified atom stereocenters. The highest BCUT2D eigenvalue weighted by molar-refractivity contribution is 5.94. The van der Waals surface area contributed by atoms with Crippen LogP contribution in [0, 0.1) is 5.92 Å². The lowest BCUT2D eigenvalue weighted by Crippen LogP contribution is -2.42. The summed E-state index contributed by atoms with van der Waals surface area (Å²) < 4.78 is 3.68. The van der Waals surface area contributed by atoms with E-state index in [0.29, 0.717) is 31.6 Å². The molecule has 0 saturated carbocycles. The van der Waals surface area contributed by atoms with Crippen molar-refractivity contribution in [2.45, 2.75) is 12.8 Å². The Bertz CT molecular complexity index is 997. The van der Waals surface area contributed by atoms with E-state index in [1.165, 1.54) is 0 Å². The Labute approximate surface area is 163 Å². The van der Waals surface area contributed by atoms with Gasteiger partial charge in [-0.1, -0.05) is 18.2 Å². The van der Waals surface area contributed by atoms with E-state index in [2.05, 4.69) is 0 Å². The first-order valence-electron chi connectivity index (χ1n) is 9.40. The number of carbonyl (C=O) groups excluding carboxylic acids is 2. The van der Waals surface area contributed by atoms with Gasteiger partial charge in [-0.05, 0) is 43.2 Å². The normalized spacial score (nSPS) is 15.0. The Morgan fingerprint density at radius 3 is 2.39 bits per heavy atom. The summed E-state index contributed by atoms with van der Waals surface area (Å²) in [5, 5.41) is 4.72. The first kappa shape index (κ1) is 18.0. The van der Waals surface area contributed by atoms with Crippen molar-refractivity contribution in [1.29, 1.82) is 0 Å². The van der Waals surface area contributed by atoms with Crippen molar-refractivity contribution < 1.29 is 9.59 Å². The van der Waals surface area contributed by atoms with Crippen LogP contribution in [-0.4, -0.2) is 44.2 Å². The fraction of sp³-hybridized carbons (Fsp3) is 0.286. The van der Waals surface area contributed by atoms with Crippen LogP contribution in [-0.2, 0) is 11.8 Å². The third-order valence-electron chi connectivity index (χ3n) is 5.32. The molecule has 4 rings (SSSR count). The summed E-state index contributed by atoms with van der Waals surface area (Å²) in [7, 11) is 1.95. The van der Waals surface area contributed by atoms with E-state index in [0.717, 1.165) is 17.1 Å². The molecule has 28 heavy (non-hydrogen) atoms. The first-order chi connectivity index (χ1) is 13.5. The van der Waals surface area contributed by atoms with Gasteiger partial charge in [-0.2, -0.15) is 5.10 Å². The zero-order valence-electron chi connectivity index (χ0n) is 15.8. The van der Waals surface area contributed by atoms with Crippen LogP contribution in [0.15, 0.2) is 54.7 Å². The summed E-state index contributed by atoms with van der Waals surface area (Å²) in [5.41, 5.74) is 8.44. The Morgan fingerprint density at radius 1 is 1.07 bits per heavy atom. The van der Waals surface area contributed by atoms with Gasteiger partial charge in [0.25, 0.3) is 5.91 Å². The summed E-state index contributed by atoms with van der Waals surface area (Å²) >= 11 is 0. The Hall–Kier alpha value is -3.35. The highest BCUT2D eigenvalue weighted by Gasteiger charge is 2.29. The number of aryl methyl sites for hydroxylation is 1. The number of benzene rings is 1. The summed E-state index contributed by atoms with van der Waals surface area (Å²) in [6, 6.07) is 15.4. The summed E-state index contributed by atoms with van der Waals surface area (Å²) in [6.45, 7) is 1.04. The second-order valence-electron chi connectivity index (χ2n) is 7.14. The van der Waals surface area contributed by atoms with Crippen molar-refractivity contribution in [3.63, 3.8) is 0 Å². The van der Waals surface area contributed by atoms with Gasteiger partial charge < -0.3 is 15.2 Å². The van der Waals surface area contributed by atoms with Gasteiger partial charge >= 0.3 is 0 Å². The van der Waals surface area contributed by atoms with E-state index in [4.69, 9.17) is 10.8 Å². The smallest absolute Gasteiger partial charge is 0.272 e. The summed E-state index contributed by atoms with van der Waals surface area (Å²) in [6.07, 6.45) is 3.16. The quantitative estimate of drug-likeness (QED) is 0.756. The predicted octanol–water partition coefficient (Wildman–Crippen LogP) is 2.22. The monoisotopic (exact) mass is 377 g/mol. The van der Waals surface area contributed by atoms with Crippen molar-refractivity contribution in [2.24, 2.45) is 18.7 Å². The number of piperidine rings is 1. The second-order valence-corrected chi connectivity index (χ2v) is 7.14. The molecule has 3 heterocycles. The molecule has 0 bridgehead atoms. The minimum atomic E-state index is -0.285. The van der Waals surface area contributed by atoms with Crippen LogP contribution in [0.4, 0.5) is 0 Å². The molecule has 0 atom stereocenters. The van der Waals surface area contributed by atoms with Gasteiger partial charge in [-0.15, -0.1) is 0 Å². The third kappa shape index (κ3) is 3.31. The van der Waals surface area contributed by atoms with Crippen molar-refractivity contribution in [2.75, 3.05) is 13.1 Å². The zero-order chi connectivity index (χ0) is 19.7. The minimum Gasteiger partial charge on any atom is -0.369 e. The highest BCUT2D eigenvalue weighted by Crippen LogP contribution is 2.25. The molecule has 7 nitrogen and oxygen atoms in total. The van der Waals surface area contributed by atoms with E-state index >= 15 is 0 Å². The number of hydrogen-bond acceptors (Lipinski definition) is 3. The molecule has 1 aliphatic heterocycles. The van der Waals surface area contributed by atoms with Gasteiger partial charge in [0.1, 0.15) is 11.4 Å². The maximum absolute atomic E-state index is 13.3. The molecule has 1 saturated heterocycles. The lowest BCUT2D eigenvalue weighted by Gasteiger charge is -2.30. The molecule has 2 aromatic heterocycles. The van der Waals surface area contributed by atoms with E-state index in [1.54, 1.807) is 9.58 Å². The van der Waals surface area contributed by atoms with Gasteiger partial charge in [0, 0.05) is 32.3 Å². The summed E-state index contributed by atoms with van der Waals surface area (Å²) in [5.74, 6) is -0.519. The second kappa shape index (κ2) is 7.34. The molecular formula is C21H23N5O2. The number of carbonyl (C=O) groups is 2. The topological polar surface area (TPSA) is 86.2 Å². The largest absolute Gasteiger partial charge is 0.369 e. The van der Waals surface area contributed by atoms with Crippen molar-refractivity contribution >= 4 is 11.8 Å². The molecule has 3 aromatic rings. The Balaban J connectivity index is 1.69. The number of amides is 2. The van der Waals surface area contributed by atoms with E-state index in [-0.39, 0.29) is 17.7 Å². The van der Waals surface area contributed by atoms with Gasteiger partial charge in [0.15, 0.2) is 0 Å². The minimum absolute atomic E-state index is 0.0836. The Kier molecular flexibility index (Phi) is 4.73. The van der Waals surface area contributed by atoms with E-state index in [9.17, 15) is 9.59 Å². The van der Waals surface area contributed by atoms with Gasteiger partial charge in [0.05, 0.1) is 11.4 Å². The molecule has 0 radical (unpaired) electrons. The number of rotatable bonds is 4. The molecule has 7 heteroatoms. The van der Waals surface area contributed by atoms with Crippen LogP contribution in [0.3, 0.4) is 0 Å². The first-order valence-corrected chi connectivity index (χ1v) is 9.40. The third-order valence-corrected chi connectivity index (χ3v) is 5.32. The number of primary amides is 1. The van der Waals surface area contributed by atoms with Crippen LogP contribution >= 0.6 is 0 Å². The van der Waals surface area contributed by atoms with Crippen molar-refractivity contribution in [1.82, 2.24) is 19.2 Å². The molecule has 0 aliphatic carbocycles. The highest BCUT2D eigenvalue weighted by atomic mass is 16.2. The number of aromatic nitrogens is 3. The van der Waals surface area contributed by atoms with Crippen LogP contribution in [0.1, 0.15) is 23.3 Å². The number of hydrogen-bond donors (Lipinski definition) is 1. The fourth-order valence-corrected chi connectivity index (χ4v) is 3.68. The van der Waals surface area contributed by atoms with E-state index < -0.39 is 0 Å². The lowest BCUT2D eigenvalue weighted by atomic mass is 9.96. The van der Waals surface area contributed by atoms with Gasteiger partial charge in [-0.3, -0.25) is 9.59 Å². The maximum atomic E-state index is 13.3. The Morgan fingerprint density at radius 2 is 1.79 bits per heavy atom. The molecule has 0 spiro atoms. The number of nitrogens with two attached hydrogens (primary N) is 1. The standard InChI is InChI=1S/C21H23N5O2/c1-24-11-5-8-18(24)17-14-19(26(23-17)16-6-3-2-4-7-16)21(28)25-12-9-15(10-13-25)20(22)27/h2-8,11,14-15H,9-10,12-13H2,1H3,(H2,22,27). The van der Waals surface area contributed by atoms with Gasteiger partial charge in [-0.25, -0.2) is 4.68 Å². The zero-order valence-corrected chi connectivity index (χ0v) is 15.8. The SMILES string of the molecule is Cn1cccc1-c1cc(C(=O)N2CCC(C(N)=O)CC2)n(-c2ccccc2)n1. The molecule has 2 N–H and O–H groups in total. The number of nitrogens with zero attached hydrogens (tertiary/aromatic N) is 4. The molecule has 2 amide bonds. The van der Waals surface area contributed by atoms with Gasteiger partial charge in [0.2, 0.25) is 5.91 Å². The molecule has 1 fully saturated rings.